The first-order valence-electron chi connectivity index (χ1n) is 10.1. The number of aromatic nitrogens is 1. The Labute approximate surface area is 176 Å². The highest BCUT2D eigenvalue weighted by Crippen LogP contribution is 2.34. The molecule has 148 valence electrons. The van der Waals surface area contributed by atoms with Gasteiger partial charge in [-0.1, -0.05) is 18.0 Å². The van der Waals surface area contributed by atoms with Crippen molar-refractivity contribution in [3.05, 3.63) is 53.2 Å². The van der Waals surface area contributed by atoms with Crippen LogP contribution in [0.5, 0.6) is 0 Å². The molecular weight excluding hydrogens is 390 g/mol. The molecule has 1 amide bonds. The summed E-state index contributed by atoms with van der Waals surface area (Å²) in [4.78, 5) is 19.5. The van der Waals surface area contributed by atoms with Crippen LogP contribution in [-0.2, 0) is 0 Å². The van der Waals surface area contributed by atoms with Crippen molar-refractivity contribution in [3.8, 4) is 0 Å². The van der Waals surface area contributed by atoms with E-state index in [-0.39, 0.29) is 5.91 Å². The van der Waals surface area contributed by atoms with E-state index in [2.05, 4.69) is 15.2 Å². The summed E-state index contributed by atoms with van der Waals surface area (Å²) in [7, 11) is 0. The number of carbonyl (C=O) groups excluding carboxylic acids is 1. The largest absolute Gasteiger partial charge is 0.321 e. The van der Waals surface area contributed by atoms with Gasteiger partial charge in [0.15, 0.2) is 0 Å². The van der Waals surface area contributed by atoms with Gasteiger partial charge >= 0.3 is 0 Å². The van der Waals surface area contributed by atoms with Crippen LogP contribution in [0, 0.1) is 5.92 Å². The number of thioether (sulfide) groups is 1. The molecule has 4 nitrogen and oxygen atoms in total. The lowest BCUT2D eigenvalue weighted by Gasteiger charge is -2.44. The van der Waals surface area contributed by atoms with Crippen LogP contribution in [0.1, 0.15) is 42.5 Å². The first-order chi connectivity index (χ1) is 13.7. The SMILES string of the molecule is O=C(Nc1ccc(SCC2CCCN3CCCCC23)nc1)c1ccc(Cl)cc1. The third-order valence-electron chi connectivity index (χ3n) is 5.77. The second-order valence-electron chi connectivity index (χ2n) is 7.66. The predicted octanol–water partition coefficient (Wildman–Crippen LogP) is 5.34. The van der Waals surface area contributed by atoms with Crippen LogP contribution in [0.4, 0.5) is 5.69 Å². The van der Waals surface area contributed by atoms with Crippen molar-refractivity contribution >= 4 is 35.0 Å². The Morgan fingerprint density at radius 1 is 1.11 bits per heavy atom. The number of amides is 1. The monoisotopic (exact) mass is 415 g/mol. The van der Waals surface area contributed by atoms with Gasteiger partial charge in [-0.3, -0.25) is 4.79 Å². The number of fused-ring (bicyclic) bond motifs is 1. The molecule has 0 spiro atoms. The quantitative estimate of drug-likeness (QED) is 0.669. The third kappa shape index (κ3) is 4.88. The number of nitrogens with zero attached hydrogens (tertiary/aromatic N) is 2. The second kappa shape index (κ2) is 9.29. The van der Waals surface area contributed by atoms with Gasteiger partial charge in [-0.05, 0) is 81.1 Å². The van der Waals surface area contributed by atoms with Gasteiger partial charge in [-0.25, -0.2) is 4.98 Å². The Balaban J connectivity index is 1.30. The molecule has 2 unspecified atom stereocenters. The molecule has 0 bridgehead atoms. The van der Waals surface area contributed by atoms with Crippen LogP contribution in [0.15, 0.2) is 47.6 Å². The summed E-state index contributed by atoms with van der Waals surface area (Å²) in [5, 5.41) is 4.53. The van der Waals surface area contributed by atoms with Gasteiger partial charge in [0.1, 0.15) is 0 Å². The van der Waals surface area contributed by atoms with Gasteiger partial charge in [0.2, 0.25) is 0 Å². The molecule has 0 aliphatic carbocycles. The van der Waals surface area contributed by atoms with E-state index in [1.807, 2.05) is 23.9 Å². The third-order valence-corrected chi connectivity index (χ3v) is 7.16. The summed E-state index contributed by atoms with van der Waals surface area (Å²) < 4.78 is 0. The van der Waals surface area contributed by atoms with Crippen molar-refractivity contribution in [2.45, 2.75) is 43.2 Å². The van der Waals surface area contributed by atoms with Crippen molar-refractivity contribution in [2.24, 2.45) is 5.92 Å². The smallest absolute Gasteiger partial charge is 0.255 e. The van der Waals surface area contributed by atoms with E-state index >= 15 is 0 Å². The number of nitrogens with one attached hydrogen (secondary N) is 1. The number of hydrogen-bond acceptors (Lipinski definition) is 4. The Bertz CT molecular complexity index is 794. The lowest BCUT2D eigenvalue weighted by molar-refractivity contribution is 0.0693. The standard InChI is InChI=1S/C22H26ClN3OS/c23-18-8-6-16(7-9-18)22(27)25-19-10-11-21(24-14-19)28-15-17-4-3-13-26-12-2-1-5-20(17)26/h6-11,14,17,20H,1-5,12-13,15H2,(H,25,27). The number of halogens is 1. The summed E-state index contributed by atoms with van der Waals surface area (Å²) in [5.74, 6) is 1.74. The predicted molar refractivity (Wildman–Crippen MR) is 116 cm³/mol. The van der Waals surface area contributed by atoms with Gasteiger partial charge < -0.3 is 10.2 Å². The molecule has 1 N–H and O–H groups in total. The normalized spacial score (nSPS) is 22.5. The molecule has 28 heavy (non-hydrogen) atoms. The summed E-state index contributed by atoms with van der Waals surface area (Å²) in [5.41, 5.74) is 1.29. The van der Waals surface area contributed by atoms with Gasteiger partial charge in [0, 0.05) is 22.4 Å². The number of pyridine rings is 1. The molecule has 3 heterocycles. The number of anilines is 1. The molecule has 2 fully saturated rings. The highest BCUT2D eigenvalue weighted by molar-refractivity contribution is 7.99. The minimum Gasteiger partial charge on any atom is -0.321 e. The van der Waals surface area contributed by atoms with E-state index in [4.69, 9.17) is 11.6 Å². The molecule has 6 heteroatoms. The summed E-state index contributed by atoms with van der Waals surface area (Å²) in [6, 6.07) is 11.6. The van der Waals surface area contributed by atoms with Crippen LogP contribution in [-0.4, -0.2) is 40.7 Å². The minimum atomic E-state index is -0.154. The molecule has 0 saturated carbocycles. The average Bonchev–Trinajstić information content (AvgIpc) is 2.73. The number of rotatable bonds is 5. The van der Waals surface area contributed by atoms with E-state index < -0.39 is 0 Å². The molecule has 2 aliphatic rings. The number of carbonyl (C=O) groups is 1. The maximum atomic E-state index is 12.3. The number of benzene rings is 1. The van der Waals surface area contributed by atoms with Crippen LogP contribution in [0.2, 0.25) is 5.02 Å². The zero-order valence-corrected chi connectivity index (χ0v) is 17.5. The van der Waals surface area contributed by atoms with E-state index in [1.54, 1.807) is 30.5 Å². The Kier molecular flexibility index (Phi) is 6.55. The molecule has 2 aromatic rings. The van der Waals surface area contributed by atoms with Gasteiger partial charge in [-0.2, -0.15) is 0 Å². The molecule has 0 radical (unpaired) electrons. The fourth-order valence-corrected chi connectivity index (χ4v) is 5.50. The average molecular weight is 416 g/mol. The van der Waals surface area contributed by atoms with Gasteiger partial charge in [0.25, 0.3) is 5.91 Å². The molecule has 2 saturated heterocycles. The lowest BCUT2D eigenvalue weighted by Crippen LogP contribution is -2.48. The van der Waals surface area contributed by atoms with Gasteiger partial charge in [0.05, 0.1) is 16.9 Å². The highest BCUT2D eigenvalue weighted by atomic mass is 35.5. The van der Waals surface area contributed by atoms with Crippen molar-refractivity contribution in [2.75, 3.05) is 24.2 Å². The van der Waals surface area contributed by atoms with Crippen molar-refractivity contribution < 1.29 is 4.79 Å². The second-order valence-corrected chi connectivity index (χ2v) is 9.14. The summed E-state index contributed by atoms with van der Waals surface area (Å²) in [6.07, 6.45) is 8.50. The number of piperidine rings is 2. The van der Waals surface area contributed by atoms with Gasteiger partial charge in [-0.15, -0.1) is 11.8 Å². The molecule has 2 aliphatic heterocycles. The molecule has 1 aromatic carbocycles. The first-order valence-corrected chi connectivity index (χ1v) is 11.5. The van der Waals surface area contributed by atoms with E-state index in [0.29, 0.717) is 16.3 Å². The molecule has 2 atom stereocenters. The lowest BCUT2D eigenvalue weighted by atomic mass is 9.85. The van der Waals surface area contributed by atoms with Crippen molar-refractivity contribution in [1.29, 1.82) is 0 Å². The Hall–Kier alpha value is -1.56. The maximum absolute atomic E-state index is 12.3. The molecule has 1 aromatic heterocycles. The van der Waals surface area contributed by atoms with Crippen molar-refractivity contribution in [3.63, 3.8) is 0 Å². The maximum Gasteiger partial charge on any atom is 0.255 e. The van der Waals surface area contributed by atoms with E-state index in [0.717, 1.165) is 22.7 Å². The Morgan fingerprint density at radius 2 is 1.93 bits per heavy atom. The fourth-order valence-electron chi connectivity index (χ4n) is 4.31. The molecule has 4 rings (SSSR count). The summed E-state index contributed by atoms with van der Waals surface area (Å²) >= 11 is 7.71. The topological polar surface area (TPSA) is 45.2 Å². The fraction of sp³-hybridized carbons (Fsp3) is 0.455. The van der Waals surface area contributed by atoms with Crippen LogP contribution in [0.3, 0.4) is 0 Å². The highest BCUT2D eigenvalue weighted by Gasteiger charge is 2.32. The van der Waals surface area contributed by atoms with Crippen LogP contribution < -0.4 is 5.32 Å². The van der Waals surface area contributed by atoms with Crippen LogP contribution in [0.25, 0.3) is 0 Å². The summed E-state index contributed by atoms with van der Waals surface area (Å²) in [6.45, 7) is 2.57. The Morgan fingerprint density at radius 3 is 2.71 bits per heavy atom. The zero-order chi connectivity index (χ0) is 19.3. The first kappa shape index (κ1) is 19.7. The minimum absolute atomic E-state index is 0.154. The van der Waals surface area contributed by atoms with Crippen molar-refractivity contribution in [1.82, 2.24) is 9.88 Å². The number of hydrogen-bond donors (Lipinski definition) is 1. The zero-order valence-electron chi connectivity index (χ0n) is 15.9. The van der Waals surface area contributed by atoms with E-state index in [9.17, 15) is 4.79 Å². The van der Waals surface area contributed by atoms with E-state index in [1.165, 1.54) is 45.2 Å². The van der Waals surface area contributed by atoms with Crippen LogP contribution >= 0.6 is 23.4 Å². The molecular formula is C22H26ClN3OS.